The van der Waals surface area contributed by atoms with Gasteiger partial charge in [-0.1, -0.05) is 133 Å². The summed E-state index contributed by atoms with van der Waals surface area (Å²) in [6.45, 7) is 0. The zero-order valence-corrected chi connectivity index (χ0v) is 34.1. The Morgan fingerprint density at radius 1 is 0.429 bits per heavy atom. The second kappa shape index (κ2) is 14.1. The van der Waals surface area contributed by atoms with Gasteiger partial charge in [0.15, 0.2) is 17.5 Å². The summed E-state index contributed by atoms with van der Waals surface area (Å²) < 4.78 is 11.4. The van der Waals surface area contributed by atoms with Crippen LogP contribution in [-0.2, 0) is 6.42 Å². The molecule has 4 heterocycles. The van der Waals surface area contributed by atoms with E-state index in [1.54, 1.807) is 0 Å². The molecule has 0 saturated carbocycles. The number of fused-ring (bicyclic) bond motifs is 9. The monoisotopic (exact) mass is 807 g/mol. The molecule has 0 saturated heterocycles. The van der Waals surface area contributed by atoms with Crippen LogP contribution in [0.2, 0.25) is 0 Å². The van der Waals surface area contributed by atoms with Crippen LogP contribution in [0.25, 0.3) is 117 Å². The summed E-state index contributed by atoms with van der Waals surface area (Å²) >= 11 is 0. The maximum absolute atomic E-state index is 6.54. The van der Waals surface area contributed by atoms with Gasteiger partial charge >= 0.3 is 0 Å². The fourth-order valence-corrected chi connectivity index (χ4v) is 9.84. The van der Waals surface area contributed by atoms with Crippen LogP contribution in [0.15, 0.2) is 199 Å². The van der Waals surface area contributed by atoms with E-state index < -0.39 is 0 Å². The van der Waals surface area contributed by atoms with Crippen molar-refractivity contribution in [1.82, 2.24) is 24.1 Å². The number of hydrogen-bond acceptors (Lipinski definition) is 4. The number of hydrogen-bond donors (Lipinski definition) is 0. The van der Waals surface area contributed by atoms with Crippen molar-refractivity contribution in [2.24, 2.45) is 0 Å². The Hall–Kier alpha value is -8.35. The molecule has 0 unspecified atom stereocenters. The summed E-state index contributed by atoms with van der Waals surface area (Å²) in [7, 11) is 0. The van der Waals surface area contributed by atoms with Gasteiger partial charge in [-0.2, -0.15) is 0 Å². The van der Waals surface area contributed by atoms with E-state index in [2.05, 4.69) is 137 Å². The summed E-state index contributed by atoms with van der Waals surface area (Å²) in [5.41, 5.74) is 15.2. The minimum absolute atomic E-state index is 0.603. The van der Waals surface area contributed by atoms with Gasteiger partial charge in [0.05, 0.1) is 22.2 Å². The maximum atomic E-state index is 6.54. The molecule has 63 heavy (non-hydrogen) atoms. The third-order valence-electron chi connectivity index (χ3n) is 12.6. The van der Waals surface area contributed by atoms with Crippen molar-refractivity contribution in [3.63, 3.8) is 0 Å². The molecule has 0 aliphatic heterocycles. The lowest BCUT2D eigenvalue weighted by Crippen LogP contribution is -2.01. The smallest absolute Gasteiger partial charge is 0.164 e. The Kier molecular flexibility index (Phi) is 7.93. The van der Waals surface area contributed by atoms with Crippen molar-refractivity contribution >= 4 is 60.7 Å². The lowest BCUT2D eigenvalue weighted by molar-refractivity contribution is 0.669. The quantitative estimate of drug-likeness (QED) is 0.168. The minimum atomic E-state index is 0.603. The molecule has 6 heteroatoms. The van der Waals surface area contributed by atoms with E-state index in [0.29, 0.717) is 17.5 Å². The Bertz CT molecular complexity index is 3730. The third-order valence-corrected chi connectivity index (χ3v) is 12.6. The molecule has 8 aromatic carbocycles. The summed E-state index contributed by atoms with van der Waals surface area (Å²) in [5, 5.41) is 5.77. The molecule has 1 aliphatic rings. The standard InChI is InChI=1S/C57H37N5O/c1-4-16-36(17-5-1)55-58-56(37-18-6-2-7-19-37)60-57(59-55)43-24-14-29-52-53(43)45-35-39(31-33-51(45)63-52)38-30-32-48-44(34-38)41-22-10-12-25-46(41)62(48)50-28-15-27-49-54(50)42-23-11-13-26-47(42)61(49)40-20-8-3-9-21-40/h1-9,11-21,23-35H,10,22H2. The fraction of sp³-hybridized carbons (Fsp3) is 0.0351. The van der Waals surface area contributed by atoms with Crippen molar-refractivity contribution in [1.29, 1.82) is 0 Å². The van der Waals surface area contributed by atoms with E-state index in [9.17, 15) is 0 Å². The number of benzene rings is 8. The summed E-state index contributed by atoms with van der Waals surface area (Å²) in [6, 6.07) is 66.1. The summed E-state index contributed by atoms with van der Waals surface area (Å²) in [5.74, 6) is 1.86. The topological polar surface area (TPSA) is 61.7 Å². The van der Waals surface area contributed by atoms with Crippen LogP contribution in [0.1, 0.15) is 17.7 Å². The highest BCUT2D eigenvalue weighted by molar-refractivity contribution is 6.15. The van der Waals surface area contributed by atoms with Crippen LogP contribution in [0.5, 0.6) is 0 Å². The van der Waals surface area contributed by atoms with Gasteiger partial charge in [-0.15, -0.1) is 0 Å². The number of furan rings is 1. The van der Waals surface area contributed by atoms with Gasteiger partial charge in [0.1, 0.15) is 11.2 Å². The third kappa shape index (κ3) is 5.62. The predicted molar refractivity (Wildman–Crippen MR) is 257 cm³/mol. The molecule has 0 atom stereocenters. The van der Waals surface area contributed by atoms with Crippen LogP contribution in [-0.4, -0.2) is 24.1 Å². The van der Waals surface area contributed by atoms with Crippen molar-refractivity contribution < 1.29 is 4.42 Å². The summed E-state index contributed by atoms with van der Waals surface area (Å²) in [6.07, 6.45) is 6.64. The molecule has 0 N–H and O–H groups in total. The Labute approximate surface area is 362 Å². The second-order valence-corrected chi connectivity index (χ2v) is 16.3. The van der Waals surface area contributed by atoms with Gasteiger partial charge in [0.25, 0.3) is 0 Å². The first-order valence-corrected chi connectivity index (χ1v) is 21.5. The van der Waals surface area contributed by atoms with Crippen molar-refractivity contribution in [2.45, 2.75) is 12.8 Å². The number of aromatic nitrogens is 5. The molecule has 0 spiro atoms. The number of aryl methyl sites for hydroxylation is 1. The SMILES string of the molecule is C1=Cc2c(c3cc(-c4ccc5oc6cccc(-c7nc(-c8ccccc8)nc(-c8ccccc8)n7)c6c5c4)ccc3n2-c2cccc3c2c2ccccc2n3-c2ccccc2)CC1. The largest absolute Gasteiger partial charge is 0.456 e. The average molecular weight is 808 g/mol. The molecular formula is C57H37N5O. The number of para-hydroxylation sites is 2. The van der Waals surface area contributed by atoms with Gasteiger partial charge in [0, 0.05) is 55.0 Å². The highest BCUT2D eigenvalue weighted by Gasteiger charge is 2.24. The Balaban J connectivity index is 0.984. The minimum Gasteiger partial charge on any atom is -0.456 e. The van der Waals surface area contributed by atoms with Gasteiger partial charge in [-0.25, -0.2) is 15.0 Å². The van der Waals surface area contributed by atoms with E-state index in [0.717, 1.165) is 68.3 Å². The second-order valence-electron chi connectivity index (χ2n) is 16.3. The molecule has 13 rings (SSSR count). The van der Waals surface area contributed by atoms with Crippen LogP contribution < -0.4 is 0 Å². The summed E-state index contributed by atoms with van der Waals surface area (Å²) in [4.78, 5) is 15.1. The Morgan fingerprint density at radius 3 is 1.84 bits per heavy atom. The molecule has 6 nitrogen and oxygen atoms in total. The van der Waals surface area contributed by atoms with Crippen molar-refractivity contribution in [3.8, 4) is 56.7 Å². The highest BCUT2D eigenvalue weighted by Crippen LogP contribution is 2.43. The average Bonchev–Trinajstić information content (AvgIpc) is 4.02. The first-order valence-electron chi connectivity index (χ1n) is 21.5. The molecule has 4 aromatic heterocycles. The first-order chi connectivity index (χ1) is 31.2. The Morgan fingerprint density at radius 2 is 1.06 bits per heavy atom. The fourth-order valence-electron chi connectivity index (χ4n) is 9.84. The maximum Gasteiger partial charge on any atom is 0.164 e. The van der Waals surface area contributed by atoms with Crippen LogP contribution in [0.4, 0.5) is 0 Å². The molecule has 12 aromatic rings. The predicted octanol–water partition coefficient (Wildman–Crippen LogP) is 14.4. The van der Waals surface area contributed by atoms with Crippen LogP contribution in [0, 0.1) is 0 Å². The number of rotatable bonds is 6. The van der Waals surface area contributed by atoms with Gasteiger partial charge in [-0.05, 0) is 96.3 Å². The lowest BCUT2D eigenvalue weighted by atomic mass is 9.96. The molecule has 296 valence electrons. The highest BCUT2D eigenvalue weighted by atomic mass is 16.3. The number of allylic oxidation sites excluding steroid dienone is 1. The van der Waals surface area contributed by atoms with E-state index in [1.807, 2.05) is 72.8 Å². The molecular weight excluding hydrogens is 771 g/mol. The van der Waals surface area contributed by atoms with Crippen molar-refractivity contribution in [3.05, 3.63) is 205 Å². The molecule has 1 aliphatic carbocycles. The molecule has 0 amide bonds. The van der Waals surface area contributed by atoms with Crippen molar-refractivity contribution in [2.75, 3.05) is 0 Å². The van der Waals surface area contributed by atoms with Gasteiger partial charge in [-0.3, -0.25) is 0 Å². The zero-order chi connectivity index (χ0) is 41.4. The first kappa shape index (κ1) is 35.4. The van der Waals surface area contributed by atoms with E-state index in [-0.39, 0.29) is 0 Å². The normalized spacial score (nSPS) is 12.6. The van der Waals surface area contributed by atoms with Crippen LogP contribution >= 0.6 is 0 Å². The van der Waals surface area contributed by atoms with E-state index in [4.69, 9.17) is 19.4 Å². The molecule has 0 bridgehead atoms. The molecule has 0 fully saturated rings. The number of nitrogens with zero attached hydrogens (tertiary/aromatic N) is 5. The van der Waals surface area contributed by atoms with Gasteiger partial charge < -0.3 is 13.6 Å². The van der Waals surface area contributed by atoms with E-state index >= 15 is 0 Å². The molecule has 0 radical (unpaired) electrons. The van der Waals surface area contributed by atoms with E-state index in [1.165, 1.54) is 49.7 Å². The van der Waals surface area contributed by atoms with Crippen LogP contribution in [0.3, 0.4) is 0 Å². The lowest BCUT2D eigenvalue weighted by Gasteiger charge is -2.14. The van der Waals surface area contributed by atoms with Gasteiger partial charge in [0.2, 0.25) is 0 Å². The zero-order valence-electron chi connectivity index (χ0n) is 34.1.